The maximum atomic E-state index is 11.9. The van der Waals surface area contributed by atoms with E-state index in [4.69, 9.17) is 5.73 Å². The van der Waals surface area contributed by atoms with Crippen molar-refractivity contribution in [2.24, 2.45) is 11.7 Å². The predicted octanol–water partition coefficient (Wildman–Crippen LogP) is 0.395. The van der Waals surface area contributed by atoms with Gasteiger partial charge in [0.05, 0.1) is 4.90 Å². The zero-order valence-electron chi connectivity index (χ0n) is 9.67. The van der Waals surface area contributed by atoms with Gasteiger partial charge in [-0.3, -0.25) is 4.79 Å². The van der Waals surface area contributed by atoms with Crippen molar-refractivity contribution in [2.45, 2.75) is 16.9 Å². The molecule has 1 saturated carbocycles. The zero-order valence-corrected chi connectivity index (χ0v) is 10.5. The quantitative estimate of drug-likeness (QED) is 0.772. The molecule has 0 bridgehead atoms. The van der Waals surface area contributed by atoms with Crippen LogP contribution < -0.4 is 10.5 Å². The highest BCUT2D eigenvalue weighted by Gasteiger charge is 2.56. The third-order valence-electron chi connectivity index (χ3n) is 3.05. The maximum absolute atomic E-state index is 11.9. The largest absolute Gasteiger partial charge is 0.317 e. The highest BCUT2D eigenvalue weighted by molar-refractivity contribution is 7.90. The third kappa shape index (κ3) is 2.16. The molecule has 0 spiro atoms. The first-order chi connectivity index (χ1) is 8.40. The first-order valence-corrected chi connectivity index (χ1v) is 6.92. The topological polar surface area (TPSA) is 89.3 Å². The van der Waals surface area contributed by atoms with E-state index in [1.807, 2.05) is 4.72 Å². The van der Waals surface area contributed by atoms with E-state index in [9.17, 15) is 13.2 Å². The summed E-state index contributed by atoms with van der Waals surface area (Å²) < 4.78 is 25.8. The molecule has 3 N–H and O–H groups in total. The number of carbonyl (C=O) groups excluding carboxylic acids is 1. The number of amides is 1. The molecule has 6 heteroatoms. The van der Waals surface area contributed by atoms with Crippen LogP contribution in [-0.2, 0) is 14.8 Å². The fourth-order valence-corrected chi connectivity index (χ4v) is 2.80. The lowest BCUT2D eigenvalue weighted by Crippen LogP contribution is -2.46. The SMILES string of the molecule is C=CC1C[C@]1(N)C(=O)NS(=O)(=O)c1ccccc1. The van der Waals surface area contributed by atoms with Crippen molar-refractivity contribution in [1.82, 2.24) is 4.72 Å². The molecule has 1 amide bonds. The lowest BCUT2D eigenvalue weighted by Gasteiger charge is -2.11. The van der Waals surface area contributed by atoms with Crippen LogP contribution in [0, 0.1) is 5.92 Å². The van der Waals surface area contributed by atoms with Crippen molar-refractivity contribution in [1.29, 1.82) is 0 Å². The van der Waals surface area contributed by atoms with Crippen LogP contribution >= 0.6 is 0 Å². The number of carbonyl (C=O) groups is 1. The molecule has 0 radical (unpaired) electrons. The Kier molecular flexibility index (Phi) is 3.00. The van der Waals surface area contributed by atoms with Crippen LogP contribution in [0.4, 0.5) is 0 Å². The van der Waals surface area contributed by atoms with Gasteiger partial charge < -0.3 is 5.73 Å². The molecule has 1 aliphatic rings. The van der Waals surface area contributed by atoms with Crippen LogP contribution in [0.5, 0.6) is 0 Å². The molecule has 5 nitrogen and oxygen atoms in total. The van der Waals surface area contributed by atoms with Crippen LogP contribution in [0.1, 0.15) is 6.42 Å². The summed E-state index contributed by atoms with van der Waals surface area (Å²) in [6.45, 7) is 3.55. The minimum Gasteiger partial charge on any atom is -0.317 e. The summed E-state index contributed by atoms with van der Waals surface area (Å²) in [4.78, 5) is 11.9. The van der Waals surface area contributed by atoms with Gasteiger partial charge in [-0.1, -0.05) is 24.3 Å². The fraction of sp³-hybridized carbons (Fsp3) is 0.250. The maximum Gasteiger partial charge on any atom is 0.264 e. The summed E-state index contributed by atoms with van der Waals surface area (Å²) in [5, 5.41) is 0. The summed E-state index contributed by atoms with van der Waals surface area (Å²) >= 11 is 0. The van der Waals surface area contributed by atoms with Crippen molar-refractivity contribution >= 4 is 15.9 Å². The van der Waals surface area contributed by atoms with Crippen LogP contribution in [0.2, 0.25) is 0 Å². The standard InChI is InChI=1S/C12H14N2O3S/c1-2-9-8-12(9,13)11(15)14-18(16,17)10-6-4-3-5-7-10/h2-7,9H,1,8,13H2,(H,14,15)/t9?,12-/m1/s1. The average Bonchev–Trinajstić information content (AvgIpc) is 3.03. The molecule has 96 valence electrons. The highest BCUT2D eigenvalue weighted by atomic mass is 32.2. The fourth-order valence-electron chi connectivity index (χ4n) is 1.74. The van der Waals surface area contributed by atoms with Gasteiger partial charge in [0.25, 0.3) is 15.9 Å². The Labute approximate surface area is 106 Å². The second-order valence-electron chi connectivity index (χ2n) is 4.33. The Morgan fingerprint density at radius 1 is 1.44 bits per heavy atom. The molecule has 18 heavy (non-hydrogen) atoms. The second-order valence-corrected chi connectivity index (χ2v) is 6.02. The molecule has 1 unspecified atom stereocenters. The van der Waals surface area contributed by atoms with Gasteiger partial charge in [-0.05, 0) is 18.6 Å². The van der Waals surface area contributed by atoms with Gasteiger partial charge >= 0.3 is 0 Å². The second kappa shape index (κ2) is 4.22. The van der Waals surface area contributed by atoms with E-state index in [2.05, 4.69) is 6.58 Å². The number of rotatable bonds is 4. The average molecular weight is 266 g/mol. The molecule has 1 aromatic rings. The third-order valence-corrected chi connectivity index (χ3v) is 4.39. The lowest BCUT2D eigenvalue weighted by atomic mass is 10.2. The van der Waals surface area contributed by atoms with Crippen molar-refractivity contribution in [3.05, 3.63) is 43.0 Å². The molecular weight excluding hydrogens is 252 g/mol. The molecule has 0 heterocycles. The Hall–Kier alpha value is -1.66. The normalized spacial score (nSPS) is 26.4. The molecule has 0 aromatic heterocycles. The molecule has 1 aliphatic carbocycles. The van der Waals surface area contributed by atoms with E-state index < -0.39 is 21.5 Å². The smallest absolute Gasteiger partial charge is 0.264 e. The predicted molar refractivity (Wildman–Crippen MR) is 67.0 cm³/mol. The van der Waals surface area contributed by atoms with E-state index in [0.717, 1.165) is 0 Å². The van der Waals surface area contributed by atoms with Gasteiger partial charge in [0.2, 0.25) is 0 Å². The van der Waals surface area contributed by atoms with Crippen LogP contribution in [0.25, 0.3) is 0 Å². The number of benzene rings is 1. The number of nitrogens with two attached hydrogens (primary N) is 1. The van der Waals surface area contributed by atoms with Crippen molar-refractivity contribution in [2.75, 3.05) is 0 Å². The number of hydrogen-bond acceptors (Lipinski definition) is 4. The van der Waals surface area contributed by atoms with E-state index in [1.165, 1.54) is 12.1 Å². The number of hydrogen-bond donors (Lipinski definition) is 2. The first-order valence-electron chi connectivity index (χ1n) is 5.44. The Bertz CT molecular complexity index is 583. The van der Waals surface area contributed by atoms with Crippen molar-refractivity contribution < 1.29 is 13.2 Å². The summed E-state index contributed by atoms with van der Waals surface area (Å²) in [5.74, 6) is -0.847. The molecule has 2 atom stereocenters. The summed E-state index contributed by atoms with van der Waals surface area (Å²) in [6.07, 6.45) is 1.99. The number of nitrogens with one attached hydrogen (secondary N) is 1. The molecular formula is C12H14N2O3S. The van der Waals surface area contributed by atoms with Crippen LogP contribution in [0.3, 0.4) is 0 Å². The summed E-state index contributed by atoms with van der Waals surface area (Å²) in [6, 6.07) is 7.69. The molecule has 2 rings (SSSR count). The zero-order chi connectivity index (χ0) is 13.4. The van der Waals surface area contributed by atoms with E-state index in [1.54, 1.807) is 24.3 Å². The Morgan fingerprint density at radius 3 is 2.56 bits per heavy atom. The molecule has 0 aliphatic heterocycles. The van der Waals surface area contributed by atoms with Gasteiger partial charge in [0.1, 0.15) is 5.54 Å². The highest BCUT2D eigenvalue weighted by Crippen LogP contribution is 2.42. The lowest BCUT2D eigenvalue weighted by molar-refractivity contribution is -0.121. The molecule has 0 saturated heterocycles. The van der Waals surface area contributed by atoms with Gasteiger partial charge in [0, 0.05) is 5.92 Å². The van der Waals surface area contributed by atoms with E-state index >= 15 is 0 Å². The summed E-state index contributed by atoms with van der Waals surface area (Å²) in [5.41, 5.74) is 4.65. The minimum absolute atomic E-state index is 0.0396. The van der Waals surface area contributed by atoms with Crippen molar-refractivity contribution in [3.8, 4) is 0 Å². The van der Waals surface area contributed by atoms with Crippen molar-refractivity contribution in [3.63, 3.8) is 0 Å². The summed E-state index contributed by atoms with van der Waals surface area (Å²) in [7, 11) is -3.85. The van der Waals surface area contributed by atoms with Gasteiger partial charge in [-0.25, -0.2) is 13.1 Å². The van der Waals surface area contributed by atoms with E-state index in [-0.39, 0.29) is 10.8 Å². The van der Waals surface area contributed by atoms with Gasteiger partial charge in [0.15, 0.2) is 0 Å². The van der Waals surface area contributed by atoms with Crippen LogP contribution in [-0.4, -0.2) is 19.9 Å². The minimum atomic E-state index is -3.85. The number of sulfonamides is 1. The Balaban J connectivity index is 2.16. The monoisotopic (exact) mass is 266 g/mol. The Morgan fingerprint density at radius 2 is 2.06 bits per heavy atom. The van der Waals surface area contributed by atoms with Crippen LogP contribution in [0.15, 0.2) is 47.9 Å². The van der Waals surface area contributed by atoms with Gasteiger partial charge in [-0.15, -0.1) is 6.58 Å². The molecule has 1 aromatic carbocycles. The van der Waals surface area contributed by atoms with Gasteiger partial charge in [-0.2, -0.15) is 0 Å². The first kappa shape index (κ1) is 12.8. The molecule has 1 fully saturated rings. The van der Waals surface area contributed by atoms with E-state index in [0.29, 0.717) is 6.42 Å².